The fourth-order valence-corrected chi connectivity index (χ4v) is 2.01. The first kappa shape index (κ1) is 14.3. The maximum atomic E-state index is 12.2. The number of ketones is 1. The Morgan fingerprint density at radius 3 is 2.35 bits per heavy atom. The van der Waals surface area contributed by atoms with Gasteiger partial charge in [-0.15, -0.1) is 0 Å². The van der Waals surface area contributed by atoms with E-state index in [0.717, 1.165) is 0 Å². The number of morpholine rings is 1. The highest BCUT2D eigenvalue weighted by Crippen LogP contribution is 2.27. The predicted octanol–water partition coefficient (Wildman–Crippen LogP) is 0.745. The van der Waals surface area contributed by atoms with Crippen molar-refractivity contribution < 1.29 is 23.8 Å². The predicted molar refractivity (Wildman–Crippen MR) is 71.3 cm³/mol. The summed E-state index contributed by atoms with van der Waals surface area (Å²) in [5.74, 6) is -0.121. The Hall–Kier alpha value is -2.08. The van der Waals surface area contributed by atoms with E-state index in [1.165, 1.54) is 25.2 Å². The van der Waals surface area contributed by atoms with Crippen molar-refractivity contribution in [1.29, 1.82) is 0 Å². The number of Topliss-reactive ketones (excluding diaryl/α,β-unsaturated/α-hetero) is 1. The number of carbonyl (C=O) groups is 2. The summed E-state index contributed by atoms with van der Waals surface area (Å²) in [5, 5.41) is 0. The number of methoxy groups -OCH3 is 2. The van der Waals surface area contributed by atoms with Crippen molar-refractivity contribution in [3.63, 3.8) is 0 Å². The van der Waals surface area contributed by atoms with Crippen LogP contribution in [-0.4, -0.2) is 57.1 Å². The molecule has 6 nitrogen and oxygen atoms in total. The van der Waals surface area contributed by atoms with Gasteiger partial charge >= 0.3 is 0 Å². The third kappa shape index (κ3) is 2.91. The molecule has 1 aliphatic rings. The minimum Gasteiger partial charge on any atom is -0.493 e. The Bertz CT molecular complexity index is 508. The molecular formula is C14H17NO5. The van der Waals surface area contributed by atoms with Crippen molar-refractivity contribution in [2.24, 2.45) is 0 Å². The fraction of sp³-hybridized carbons (Fsp3) is 0.429. The molecule has 1 aromatic rings. The summed E-state index contributed by atoms with van der Waals surface area (Å²) in [7, 11) is 2.99. The first-order valence-electron chi connectivity index (χ1n) is 6.30. The maximum Gasteiger partial charge on any atom is 0.295 e. The van der Waals surface area contributed by atoms with E-state index in [2.05, 4.69) is 0 Å². The van der Waals surface area contributed by atoms with E-state index in [1.54, 1.807) is 12.1 Å². The molecule has 1 saturated heterocycles. The van der Waals surface area contributed by atoms with E-state index in [-0.39, 0.29) is 0 Å². The average molecular weight is 279 g/mol. The molecule has 0 aliphatic carbocycles. The largest absolute Gasteiger partial charge is 0.493 e. The van der Waals surface area contributed by atoms with Crippen LogP contribution in [0.4, 0.5) is 0 Å². The number of hydrogen-bond donors (Lipinski definition) is 0. The lowest BCUT2D eigenvalue weighted by Gasteiger charge is -2.26. The van der Waals surface area contributed by atoms with Crippen molar-refractivity contribution in [2.45, 2.75) is 0 Å². The van der Waals surface area contributed by atoms with Crippen LogP contribution in [0.5, 0.6) is 11.5 Å². The summed E-state index contributed by atoms with van der Waals surface area (Å²) in [6.07, 6.45) is 0. The maximum absolute atomic E-state index is 12.2. The molecule has 108 valence electrons. The van der Waals surface area contributed by atoms with Crippen molar-refractivity contribution >= 4 is 11.7 Å². The van der Waals surface area contributed by atoms with Crippen molar-refractivity contribution in [3.8, 4) is 11.5 Å². The van der Waals surface area contributed by atoms with E-state index in [0.29, 0.717) is 43.4 Å². The lowest BCUT2D eigenvalue weighted by atomic mass is 10.1. The van der Waals surface area contributed by atoms with Gasteiger partial charge in [0.2, 0.25) is 0 Å². The van der Waals surface area contributed by atoms with Gasteiger partial charge in [0.25, 0.3) is 11.7 Å². The smallest absolute Gasteiger partial charge is 0.295 e. The standard InChI is InChI=1S/C14H17NO5/c1-18-11-4-3-10(9-12(11)19-2)13(16)14(17)15-5-7-20-8-6-15/h3-4,9H,5-8H2,1-2H3. The molecule has 1 aliphatic heterocycles. The van der Waals surface area contributed by atoms with Crippen molar-refractivity contribution in [3.05, 3.63) is 23.8 Å². The van der Waals surface area contributed by atoms with Gasteiger partial charge in [-0.3, -0.25) is 9.59 Å². The van der Waals surface area contributed by atoms with E-state index in [1.807, 2.05) is 0 Å². The lowest BCUT2D eigenvalue weighted by molar-refractivity contribution is -0.130. The summed E-state index contributed by atoms with van der Waals surface area (Å²) >= 11 is 0. The van der Waals surface area contributed by atoms with E-state index in [4.69, 9.17) is 14.2 Å². The Labute approximate surface area is 117 Å². The van der Waals surface area contributed by atoms with Crippen LogP contribution in [0.25, 0.3) is 0 Å². The Morgan fingerprint density at radius 2 is 1.75 bits per heavy atom. The molecule has 2 rings (SSSR count). The third-order valence-corrected chi connectivity index (χ3v) is 3.14. The molecule has 0 saturated carbocycles. The van der Waals surface area contributed by atoms with Crippen LogP contribution in [0.1, 0.15) is 10.4 Å². The van der Waals surface area contributed by atoms with Crippen LogP contribution in [-0.2, 0) is 9.53 Å². The molecule has 0 unspecified atom stereocenters. The molecule has 20 heavy (non-hydrogen) atoms. The second-order valence-corrected chi connectivity index (χ2v) is 4.30. The number of amides is 1. The number of nitrogens with zero attached hydrogens (tertiary/aromatic N) is 1. The lowest BCUT2D eigenvalue weighted by Crippen LogP contribution is -2.44. The van der Waals surface area contributed by atoms with Gasteiger partial charge in [0, 0.05) is 18.7 Å². The van der Waals surface area contributed by atoms with Gasteiger partial charge in [0.05, 0.1) is 27.4 Å². The van der Waals surface area contributed by atoms with E-state index in [9.17, 15) is 9.59 Å². The van der Waals surface area contributed by atoms with Gasteiger partial charge in [-0.05, 0) is 18.2 Å². The number of hydrogen-bond acceptors (Lipinski definition) is 5. The van der Waals surface area contributed by atoms with Gasteiger partial charge in [-0.2, -0.15) is 0 Å². The zero-order chi connectivity index (χ0) is 14.5. The molecule has 0 N–H and O–H groups in total. The van der Waals surface area contributed by atoms with Gasteiger partial charge in [0.15, 0.2) is 11.5 Å². The topological polar surface area (TPSA) is 65.1 Å². The molecule has 0 spiro atoms. The summed E-state index contributed by atoms with van der Waals surface area (Å²) in [5.41, 5.74) is 0.291. The van der Waals surface area contributed by atoms with Crippen LogP contribution in [0, 0.1) is 0 Å². The summed E-state index contributed by atoms with van der Waals surface area (Å²) in [6.45, 7) is 1.81. The van der Waals surface area contributed by atoms with Crippen LogP contribution in [0.3, 0.4) is 0 Å². The number of ether oxygens (including phenoxy) is 3. The fourth-order valence-electron chi connectivity index (χ4n) is 2.01. The van der Waals surface area contributed by atoms with Gasteiger partial charge in [0.1, 0.15) is 0 Å². The molecule has 6 heteroatoms. The molecule has 1 aromatic carbocycles. The second kappa shape index (κ2) is 6.38. The quantitative estimate of drug-likeness (QED) is 0.601. The minimum absolute atomic E-state index is 0.291. The van der Waals surface area contributed by atoms with Crippen LogP contribution in [0.15, 0.2) is 18.2 Å². The first-order chi connectivity index (χ1) is 9.67. The van der Waals surface area contributed by atoms with Crippen molar-refractivity contribution in [2.75, 3.05) is 40.5 Å². The highest BCUT2D eigenvalue weighted by atomic mass is 16.5. The Morgan fingerprint density at radius 1 is 1.10 bits per heavy atom. The number of rotatable bonds is 4. The zero-order valence-corrected chi connectivity index (χ0v) is 11.5. The van der Waals surface area contributed by atoms with Crippen LogP contribution < -0.4 is 9.47 Å². The highest BCUT2D eigenvalue weighted by molar-refractivity contribution is 6.42. The Balaban J connectivity index is 2.17. The summed E-state index contributed by atoms with van der Waals surface area (Å²) < 4.78 is 15.4. The molecule has 1 heterocycles. The molecule has 0 bridgehead atoms. The molecule has 0 atom stereocenters. The Kier molecular flexibility index (Phi) is 4.57. The van der Waals surface area contributed by atoms with E-state index >= 15 is 0 Å². The van der Waals surface area contributed by atoms with Gasteiger partial charge < -0.3 is 19.1 Å². The number of benzene rings is 1. The SMILES string of the molecule is COc1ccc(C(=O)C(=O)N2CCOCC2)cc1OC. The third-order valence-electron chi connectivity index (χ3n) is 3.14. The number of carbonyl (C=O) groups excluding carboxylic acids is 2. The monoisotopic (exact) mass is 279 g/mol. The van der Waals surface area contributed by atoms with Crippen LogP contribution >= 0.6 is 0 Å². The molecule has 1 fully saturated rings. The first-order valence-corrected chi connectivity index (χ1v) is 6.30. The molecule has 0 radical (unpaired) electrons. The van der Waals surface area contributed by atoms with Crippen molar-refractivity contribution in [1.82, 2.24) is 4.90 Å². The molecular weight excluding hydrogens is 262 g/mol. The van der Waals surface area contributed by atoms with Crippen LogP contribution in [0.2, 0.25) is 0 Å². The molecule has 1 amide bonds. The second-order valence-electron chi connectivity index (χ2n) is 4.30. The van der Waals surface area contributed by atoms with Gasteiger partial charge in [-0.25, -0.2) is 0 Å². The average Bonchev–Trinajstić information content (AvgIpc) is 2.53. The summed E-state index contributed by atoms with van der Waals surface area (Å²) in [6, 6.07) is 4.68. The minimum atomic E-state index is -0.548. The molecule has 0 aromatic heterocycles. The zero-order valence-electron chi connectivity index (χ0n) is 11.5. The normalized spacial score (nSPS) is 14.8. The summed E-state index contributed by atoms with van der Waals surface area (Å²) in [4.78, 5) is 25.8. The van der Waals surface area contributed by atoms with E-state index < -0.39 is 11.7 Å². The highest BCUT2D eigenvalue weighted by Gasteiger charge is 2.25. The van der Waals surface area contributed by atoms with Gasteiger partial charge in [-0.1, -0.05) is 0 Å².